The number of thioether (sulfide) groups is 2. The molecule has 1 heterocycles. The lowest BCUT2D eigenvalue weighted by atomic mass is 10.0. The van der Waals surface area contributed by atoms with E-state index in [-0.39, 0.29) is 17.1 Å². The van der Waals surface area contributed by atoms with Crippen LogP contribution in [0.5, 0.6) is 5.75 Å². The molecule has 4 heteroatoms. The monoisotopic (exact) mass is 310 g/mol. The molecule has 1 aromatic carbocycles. The van der Waals surface area contributed by atoms with Gasteiger partial charge in [-0.15, -0.1) is 11.8 Å². The summed E-state index contributed by atoms with van der Waals surface area (Å²) in [5.41, 5.74) is 0.805. The summed E-state index contributed by atoms with van der Waals surface area (Å²) in [7, 11) is 0. The van der Waals surface area contributed by atoms with Gasteiger partial charge in [-0.2, -0.15) is 11.8 Å². The lowest BCUT2D eigenvalue weighted by Gasteiger charge is -2.28. The molecule has 1 aliphatic rings. The fraction of sp³-hybridized carbons (Fsp3) is 0.562. The van der Waals surface area contributed by atoms with Crippen molar-refractivity contribution in [2.24, 2.45) is 0 Å². The number of rotatable bonds is 5. The molecular formula is C16H22O2S2. The third-order valence-electron chi connectivity index (χ3n) is 3.22. The van der Waals surface area contributed by atoms with E-state index in [0.29, 0.717) is 5.25 Å². The average molecular weight is 310 g/mol. The quantitative estimate of drug-likeness (QED) is 0.758. The number of Topliss-reactive ketones (excluding diaryl/α,β-unsaturated/α-hetero) is 1. The minimum atomic E-state index is 0.107. The van der Waals surface area contributed by atoms with E-state index >= 15 is 0 Å². The fourth-order valence-corrected chi connectivity index (χ4v) is 5.31. The van der Waals surface area contributed by atoms with Crippen LogP contribution in [0.15, 0.2) is 24.3 Å². The maximum atomic E-state index is 12.6. The Morgan fingerprint density at radius 3 is 2.50 bits per heavy atom. The fourth-order valence-electron chi connectivity index (χ4n) is 2.28. The molecule has 1 saturated heterocycles. The van der Waals surface area contributed by atoms with E-state index in [0.717, 1.165) is 29.2 Å². The van der Waals surface area contributed by atoms with E-state index in [1.165, 1.54) is 0 Å². The summed E-state index contributed by atoms with van der Waals surface area (Å²) in [5.74, 6) is 3.33. The predicted octanol–water partition coefficient (Wildman–Crippen LogP) is 4.28. The summed E-state index contributed by atoms with van der Waals surface area (Å²) in [6, 6.07) is 7.59. The summed E-state index contributed by atoms with van der Waals surface area (Å²) in [5, 5.41) is 0.559. The molecule has 2 nitrogen and oxygen atoms in total. The van der Waals surface area contributed by atoms with E-state index in [1.807, 2.05) is 61.6 Å². The van der Waals surface area contributed by atoms with Crippen molar-refractivity contribution in [3.8, 4) is 5.75 Å². The van der Waals surface area contributed by atoms with Crippen molar-refractivity contribution in [3.05, 3.63) is 29.8 Å². The molecule has 0 radical (unpaired) electrons. The van der Waals surface area contributed by atoms with Crippen LogP contribution in [0.4, 0.5) is 0 Å². The summed E-state index contributed by atoms with van der Waals surface area (Å²) < 4.78 is 5.62. The molecule has 1 fully saturated rings. The van der Waals surface area contributed by atoms with Crippen LogP contribution in [-0.2, 0) is 0 Å². The number of hydrogen-bond donors (Lipinski definition) is 0. The van der Waals surface area contributed by atoms with Gasteiger partial charge in [0.1, 0.15) is 5.75 Å². The standard InChI is InChI=1S/C16H22O2S2/c1-4-14-16(20-10-9-19-14)15(17)12-5-7-13(8-6-12)18-11(2)3/h5-8,11,14,16H,4,9-10H2,1-3H3. The maximum Gasteiger partial charge on any atom is 0.176 e. The highest BCUT2D eigenvalue weighted by Crippen LogP contribution is 2.35. The van der Waals surface area contributed by atoms with E-state index < -0.39 is 0 Å². The van der Waals surface area contributed by atoms with Crippen LogP contribution in [0.3, 0.4) is 0 Å². The number of hydrogen-bond acceptors (Lipinski definition) is 4. The van der Waals surface area contributed by atoms with Gasteiger partial charge in [-0.25, -0.2) is 0 Å². The van der Waals surface area contributed by atoms with Gasteiger partial charge < -0.3 is 4.74 Å². The van der Waals surface area contributed by atoms with Gasteiger partial charge in [0, 0.05) is 22.3 Å². The Morgan fingerprint density at radius 1 is 1.25 bits per heavy atom. The average Bonchev–Trinajstić information content (AvgIpc) is 2.46. The first kappa shape index (κ1) is 15.8. The Bertz CT molecular complexity index is 442. The lowest BCUT2D eigenvalue weighted by Crippen LogP contribution is -2.32. The smallest absolute Gasteiger partial charge is 0.176 e. The van der Waals surface area contributed by atoms with E-state index in [2.05, 4.69) is 6.92 Å². The van der Waals surface area contributed by atoms with Gasteiger partial charge in [-0.1, -0.05) is 6.92 Å². The third kappa shape index (κ3) is 3.95. The molecule has 110 valence electrons. The van der Waals surface area contributed by atoms with Crippen LogP contribution < -0.4 is 4.74 Å². The Labute approximate surface area is 130 Å². The molecule has 0 aliphatic carbocycles. The second-order valence-corrected chi connectivity index (χ2v) is 7.76. The van der Waals surface area contributed by atoms with Crippen molar-refractivity contribution >= 4 is 29.3 Å². The largest absolute Gasteiger partial charge is 0.491 e. The van der Waals surface area contributed by atoms with Crippen molar-refractivity contribution in [3.63, 3.8) is 0 Å². The highest BCUT2D eigenvalue weighted by molar-refractivity contribution is 8.07. The summed E-state index contributed by atoms with van der Waals surface area (Å²) in [6.07, 6.45) is 1.22. The van der Waals surface area contributed by atoms with E-state index in [4.69, 9.17) is 4.74 Å². The lowest BCUT2D eigenvalue weighted by molar-refractivity contribution is 0.0988. The Morgan fingerprint density at radius 2 is 1.90 bits per heavy atom. The van der Waals surface area contributed by atoms with Gasteiger partial charge in [0.25, 0.3) is 0 Å². The van der Waals surface area contributed by atoms with Crippen molar-refractivity contribution in [1.29, 1.82) is 0 Å². The second kappa shape index (κ2) is 7.41. The first-order valence-corrected chi connectivity index (χ1v) is 9.25. The second-order valence-electron chi connectivity index (χ2n) is 5.16. The van der Waals surface area contributed by atoms with Gasteiger partial charge in [-0.05, 0) is 44.5 Å². The number of ether oxygens (including phenoxy) is 1. The zero-order valence-electron chi connectivity index (χ0n) is 12.3. The van der Waals surface area contributed by atoms with Gasteiger partial charge in [0.15, 0.2) is 5.78 Å². The number of carbonyl (C=O) groups is 1. The maximum absolute atomic E-state index is 12.6. The van der Waals surface area contributed by atoms with Crippen LogP contribution in [0, 0.1) is 0 Å². The summed E-state index contributed by atoms with van der Waals surface area (Å²) in [6.45, 7) is 6.17. The van der Waals surface area contributed by atoms with Gasteiger partial charge in [0.05, 0.1) is 11.4 Å². The summed E-state index contributed by atoms with van der Waals surface area (Å²) in [4.78, 5) is 12.6. The molecule has 0 amide bonds. The van der Waals surface area contributed by atoms with E-state index in [1.54, 1.807) is 0 Å². The Balaban J connectivity index is 2.08. The Kier molecular flexibility index (Phi) is 5.85. The van der Waals surface area contributed by atoms with Crippen LogP contribution in [0.25, 0.3) is 0 Å². The zero-order chi connectivity index (χ0) is 14.5. The molecule has 0 spiro atoms. The molecule has 0 N–H and O–H groups in total. The molecule has 0 bridgehead atoms. The number of ketones is 1. The summed E-state index contributed by atoms with van der Waals surface area (Å²) >= 11 is 3.75. The van der Waals surface area contributed by atoms with Gasteiger partial charge in [-0.3, -0.25) is 4.79 Å². The SMILES string of the molecule is CCC1SCCSC1C(=O)c1ccc(OC(C)C)cc1. The van der Waals surface area contributed by atoms with Crippen molar-refractivity contribution in [1.82, 2.24) is 0 Å². The minimum absolute atomic E-state index is 0.107. The Hall–Kier alpha value is -0.610. The van der Waals surface area contributed by atoms with Crippen molar-refractivity contribution in [2.45, 2.75) is 43.8 Å². The topological polar surface area (TPSA) is 26.3 Å². The van der Waals surface area contributed by atoms with Gasteiger partial charge >= 0.3 is 0 Å². The molecule has 1 aliphatic heterocycles. The molecule has 2 rings (SSSR count). The minimum Gasteiger partial charge on any atom is -0.491 e. The van der Waals surface area contributed by atoms with Crippen molar-refractivity contribution < 1.29 is 9.53 Å². The molecular weight excluding hydrogens is 288 g/mol. The molecule has 20 heavy (non-hydrogen) atoms. The van der Waals surface area contributed by atoms with Crippen LogP contribution in [0.1, 0.15) is 37.6 Å². The number of benzene rings is 1. The van der Waals surface area contributed by atoms with E-state index in [9.17, 15) is 4.79 Å². The highest BCUT2D eigenvalue weighted by Gasteiger charge is 2.31. The molecule has 1 aromatic rings. The third-order valence-corrected chi connectivity index (χ3v) is 6.47. The zero-order valence-corrected chi connectivity index (χ0v) is 13.9. The molecule has 2 unspecified atom stereocenters. The molecule has 0 saturated carbocycles. The highest BCUT2D eigenvalue weighted by atomic mass is 32.2. The van der Waals surface area contributed by atoms with Crippen molar-refractivity contribution in [2.75, 3.05) is 11.5 Å². The van der Waals surface area contributed by atoms with Crippen LogP contribution >= 0.6 is 23.5 Å². The van der Waals surface area contributed by atoms with Gasteiger partial charge in [0.2, 0.25) is 0 Å². The first-order chi connectivity index (χ1) is 9.61. The van der Waals surface area contributed by atoms with Crippen LogP contribution in [0.2, 0.25) is 0 Å². The predicted molar refractivity (Wildman–Crippen MR) is 89.3 cm³/mol. The van der Waals surface area contributed by atoms with Crippen LogP contribution in [-0.4, -0.2) is 33.9 Å². The molecule has 2 atom stereocenters. The first-order valence-electron chi connectivity index (χ1n) is 7.16. The molecule has 0 aromatic heterocycles. The number of carbonyl (C=O) groups excluding carboxylic acids is 1. The normalized spacial score (nSPS) is 22.8.